The Balaban J connectivity index is 1.74. The Bertz CT molecular complexity index is 852. The SMILES string of the molecule is CCCCOc1ccc(C(=O)NCC#CCOc2cccc(C(F)(F)F)c2)cc1. The second-order valence-corrected chi connectivity index (χ2v) is 6.08. The van der Waals surface area contributed by atoms with E-state index in [0.717, 1.165) is 25.0 Å². The van der Waals surface area contributed by atoms with Crippen molar-refractivity contribution in [2.45, 2.75) is 25.9 Å². The van der Waals surface area contributed by atoms with E-state index >= 15 is 0 Å². The van der Waals surface area contributed by atoms with Gasteiger partial charge in [0, 0.05) is 5.56 Å². The highest BCUT2D eigenvalue weighted by molar-refractivity contribution is 5.94. The molecule has 0 unspecified atom stereocenters. The average molecular weight is 405 g/mol. The number of alkyl halides is 3. The summed E-state index contributed by atoms with van der Waals surface area (Å²) in [7, 11) is 0. The Kier molecular flexibility index (Phi) is 8.41. The molecule has 0 aromatic heterocycles. The van der Waals surface area contributed by atoms with Gasteiger partial charge in [0.15, 0.2) is 0 Å². The van der Waals surface area contributed by atoms with Gasteiger partial charge in [0.1, 0.15) is 18.1 Å². The lowest BCUT2D eigenvalue weighted by molar-refractivity contribution is -0.137. The van der Waals surface area contributed by atoms with E-state index in [1.165, 1.54) is 12.1 Å². The van der Waals surface area contributed by atoms with Gasteiger partial charge in [-0.3, -0.25) is 4.79 Å². The average Bonchev–Trinajstić information content (AvgIpc) is 2.71. The van der Waals surface area contributed by atoms with Crippen LogP contribution in [0.3, 0.4) is 0 Å². The van der Waals surface area contributed by atoms with Crippen molar-refractivity contribution in [1.29, 1.82) is 0 Å². The molecule has 0 saturated carbocycles. The minimum atomic E-state index is -4.42. The maximum Gasteiger partial charge on any atom is 0.416 e. The molecule has 2 aromatic carbocycles. The molecule has 0 aliphatic rings. The molecule has 0 bridgehead atoms. The van der Waals surface area contributed by atoms with E-state index in [1.54, 1.807) is 24.3 Å². The number of carbonyl (C=O) groups excluding carboxylic acids is 1. The number of nitrogens with one attached hydrogen (secondary N) is 1. The van der Waals surface area contributed by atoms with Gasteiger partial charge in [-0.1, -0.05) is 31.3 Å². The first-order valence-electron chi connectivity index (χ1n) is 9.17. The molecule has 0 aliphatic heterocycles. The largest absolute Gasteiger partial charge is 0.494 e. The smallest absolute Gasteiger partial charge is 0.416 e. The van der Waals surface area contributed by atoms with Crippen molar-refractivity contribution in [3.05, 3.63) is 59.7 Å². The van der Waals surface area contributed by atoms with Crippen LogP contribution in [0.5, 0.6) is 11.5 Å². The number of ether oxygens (including phenoxy) is 2. The van der Waals surface area contributed by atoms with Gasteiger partial charge in [0.05, 0.1) is 18.7 Å². The molecule has 7 heteroatoms. The van der Waals surface area contributed by atoms with Crippen LogP contribution >= 0.6 is 0 Å². The lowest BCUT2D eigenvalue weighted by Crippen LogP contribution is -2.23. The summed E-state index contributed by atoms with van der Waals surface area (Å²) in [6.45, 7) is 2.73. The molecule has 0 heterocycles. The van der Waals surface area contributed by atoms with Crippen molar-refractivity contribution < 1.29 is 27.4 Å². The summed E-state index contributed by atoms with van der Waals surface area (Å²) in [5.74, 6) is 5.85. The van der Waals surface area contributed by atoms with Crippen LogP contribution in [0.15, 0.2) is 48.5 Å². The Morgan fingerprint density at radius 2 is 1.79 bits per heavy atom. The molecule has 0 aliphatic carbocycles. The molecule has 4 nitrogen and oxygen atoms in total. The molecule has 1 amide bonds. The van der Waals surface area contributed by atoms with E-state index in [0.29, 0.717) is 17.9 Å². The first kappa shape index (κ1) is 22.2. The van der Waals surface area contributed by atoms with Crippen LogP contribution in [0.2, 0.25) is 0 Å². The number of amides is 1. The van der Waals surface area contributed by atoms with Crippen LogP contribution in [-0.2, 0) is 6.18 Å². The standard InChI is InChI=1S/C22H22F3NO3/c1-2-3-14-28-19-11-9-17(10-12-19)21(27)26-13-4-5-15-29-20-8-6-7-18(16-20)22(23,24)25/h6-12,16H,2-3,13-15H2,1H3,(H,26,27). The zero-order valence-corrected chi connectivity index (χ0v) is 16.0. The van der Waals surface area contributed by atoms with Crippen molar-refractivity contribution in [1.82, 2.24) is 5.32 Å². The molecule has 0 fully saturated rings. The second kappa shape index (κ2) is 11.0. The van der Waals surface area contributed by atoms with Crippen LogP contribution in [0.1, 0.15) is 35.7 Å². The molecular weight excluding hydrogens is 383 g/mol. The van der Waals surface area contributed by atoms with E-state index in [4.69, 9.17) is 9.47 Å². The molecule has 2 aromatic rings. The summed E-state index contributed by atoms with van der Waals surface area (Å²) in [4.78, 5) is 12.0. The van der Waals surface area contributed by atoms with Crippen LogP contribution < -0.4 is 14.8 Å². The third kappa shape index (κ3) is 7.78. The summed E-state index contributed by atoms with van der Waals surface area (Å²) in [5.41, 5.74) is -0.299. The zero-order chi connectivity index (χ0) is 21.1. The van der Waals surface area contributed by atoms with Crippen molar-refractivity contribution in [3.8, 4) is 23.3 Å². The highest BCUT2D eigenvalue weighted by Gasteiger charge is 2.30. The number of hydrogen-bond donors (Lipinski definition) is 1. The van der Waals surface area contributed by atoms with Gasteiger partial charge in [-0.25, -0.2) is 0 Å². The first-order chi connectivity index (χ1) is 13.9. The summed E-state index contributed by atoms with van der Waals surface area (Å²) >= 11 is 0. The third-order valence-corrected chi connectivity index (χ3v) is 3.82. The predicted octanol–water partition coefficient (Wildman–Crippen LogP) is 4.70. The molecule has 0 atom stereocenters. The Labute approximate surface area is 168 Å². The molecule has 2 rings (SSSR count). The lowest BCUT2D eigenvalue weighted by Gasteiger charge is -2.08. The second-order valence-electron chi connectivity index (χ2n) is 6.08. The van der Waals surface area contributed by atoms with Gasteiger partial charge in [-0.15, -0.1) is 0 Å². The van der Waals surface area contributed by atoms with Crippen LogP contribution in [0.25, 0.3) is 0 Å². The third-order valence-electron chi connectivity index (χ3n) is 3.82. The summed E-state index contributed by atoms with van der Waals surface area (Å²) in [5, 5.41) is 2.64. The number of halogens is 3. The molecule has 0 radical (unpaired) electrons. The number of carbonyl (C=O) groups is 1. The molecule has 29 heavy (non-hydrogen) atoms. The molecule has 0 spiro atoms. The van der Waals surface area contributed by atoms with E-state index in [-0.39, 0.29) is 24.8 Å². The fourth-order valence-corrected chi connectivity index (χ4v) is 2.26. The van der Waals surface area contributed by atoms with Crippen molar-refractivity contribution >= 4 is 5.91 Å². The Morgan fingerprint density at radius 3 is 2.48 bits per heavy atom. The van der Waals surface area contributed by atoms with Crippen LogP contribution in [-0.4, -0.2) is 25.7 Å². The van der Waals surface area contributed by atoms with Crippen LogP contribution in [0, 0.1) is 11.8 Å². The fourth-order valence-electron chi connectivity index (χ4n) is 2.26. The van der Waals surface area contributed by atoms with Crippen molar-refractivity contribution in [2.24, 2.45) is 0 Å². The molecule has 0 saturated heterocycles. The minimum absolute atomic E-state index is 0.0824. The van der Waals surface area contributed by atoms with Gasteiger partial charge in [-0.2, -0.15) is 13.2 Å². The van der Waals surface area contributed by atoms with Crippen molar-refractivity contribution in [2.75, 3.05) is 19.8 Å². The van der Waals surface area contributed by atoms with E-state index < -0.39 is 11.7 Å². The van der Waals surface area contributed by atoms with E-state index in [9.17, 15) is 18.0 Å². The van der Waals surface area contributed by atoms with E-state index in [1.807, 2.05) is 0 Å². The summed E-state index contributed by atoms with van der Waals surface area (Å²) in [6.07, 6.45) is -2.40. The first-order valence-corrected chi connectivity index (χ1v) is 9.17. The molecule has 154 valence electrons. The number of benzene rings is 2. The Morgan fingerprint density at radius 1 is 1.03 bits per heavy atom. The summed E-state index contributed by atoms with van der Waals surface area (Å²) < 4.78 is 48.6. The van der Waals surface area contributed by atoms with E-state index in [2.05, 4.69) is 24.1 Å². The normalized spacial score (nSPS) is 10.6. The number of rotatable bonds is 8. The minimum Gasteiger partial charge on any atom is -0.494 e. The van der Waals surface area contributed by atoms with Gasteiger partial charge >= 0.3 is 6.18 Å². The highest BCUT2D eigenvalue weighted by Crippen LogP contribution is 2.31. The number of hydrogen-bond acceptors (Lipinski definition) is 3. The van der Waals surface area contributed by atoms with Gasteiger partial charge in [0.25, 0.3) is 5.91 Å². The topological polar surface area (TPSA) is 47.6 Å². The molecular formula is C22H22F3NO3. The Hall–Kier alpha value is -3.14. The maximum absolute atomic E-state index is 12.6. The quantitative estimate of drug-likeness (QED) is 0.512. The van der Waals surface area contributed by atoms with Gasteiger partial charge in [0.2, 0.25) is 0 Å². The van der Waals surface area contributed by atoms with Gasteiger partial charge in [-0.05, 0) is 48.9 Å². The van der Waals surface area contributed by atoms with Crippen LogP contribution in [0.4, 0.5) is 13.2 Å². The monoisotopic (exact) mass is 405 g/mol. The zero-order valence-electron chi connectivity index (χ0n) is 16.0. The highest BCUT2D eigenvalue weighted by atomic mass is 19.4. The number of unbranched alkanes of at least 4 members (excludes halogenated alkanes) is 1. The van der Waals surface area contributed by atoms with Gasteiger partial charge < -0.3 is 14.8 Å². The lowest BCUT2D eigenvalue weighted by atomic mass is 10.2. The van der Waals surface area contributed by atoms with Crippen molar-refractivity contribution in [3.63, 3.8) is 0 Å². The summed E-state index contributed by atoms with van der Waals surface area (Å²) in [6, 6.07) is 11.4. The molecule has 1 N–H and O–H groups in total. The predicted molar refractivity (Wildman–Crippen MR) is 104 cm³/mol. The maximum atomic E-state index is 12.6. The fraction of sp³-hybridized carbons (Fsp3) is 0.318.